The summed E-state index contributed by atoms with van der Waals surface area (Å²) >= 11 is 0. The number of rotatable bonds is 4. The Morgan fingerprint density at radius 1 is 1.45 bits per heavy atom. The minimum absolute atomic E-state index is 0.0474. The third kappa shape index (κ3) is 3.22. The van der Waals surface area contributed by atoms with Crippen molar-refractivity contribution in [1.82, 2.24) is 9.55 Å². The number of aliphatic hydroxyl groups excluding tert-OH is 3. The van der Waals surface area contributed by atoms with Gasteiger partial charge in [0.05, 0.1) is 6.10 Å². The lowest BCUT2D eigenvalue weighted by atomic mass is 10.1. The number of hydrogen-bond acceptors (Lipinski definition) is 7. The SMILES string of the molecule is N#[N+]C=C(O)CCC1OC(n2ccc(=O)[nH]c2=O)C(O)C1O. The van der Waals surface area contributed by atoms with Gasteiger partial charge in [-0.2, -0.15) is 0 Å². The van der Waals surface area contributed by atoms with Gasteiger partial charge in [0.15, 0.2) is 17.0 Å². The van der Waals surface area contributed by atoms with Crippen molar-refractivity contribution in [3.05, 3.63) is 50.0 Å². The Bertz CT molecular complexity index is 717. The van der Waals surface area contributed by atoms with Gasteiger partial charge in [-0.05, 0) is 6.42 Å². The molecular weight excluding hydrogens is 296 g/mol. The largest absolute Gasteiger partial charge is 0.505 e. The molecular formula is C12H15N4O6+. The average molecular weight is 311 g/mol. The number of ether oxygens (including phenoxy) is 1. The molecule has 0 bridgehead atoms. The van der Waals surface area contributed by atoms with Crippen LogP contribution in [0.2, 0.25) is 0 Å². The molecule has 2 heterocycles. The zero-order valence-electron chi connectivity index (χ0n) is 11.4. The van der Waals surface area contributed by atoms with Gasteiger partial charge in [-0.3, -0.25) is 14.3 Å². The molecule has 22 heavy (non-hydrogen) atoms. The quantitative estimate of drug-likeness (QED) is 0.419. The van der Waals surface area contributed by atoms with Gasteiger partial charge in [-0.1, -0.05) is 0 Å². The van der Waals surface area contributed by atoms with Crippen molar-refractivity contribution in [2.45, 2.75) is 37.4 Å². The maximum atomic E-state index is 11.7. The van der Waals surface area contributed by atoms with E-state index in [1.165, 1.54) is 0 Å². The summed E-state index contributed by atoms with van der Waals surface area (Å²) in [7, 11) is 0. The number of aromatic nitrogens is 2. The van der Waals surface area contributed by atoms with Crippen LogP contribution >= 0.6 is 0 Å². The first-order valence-electron chi connectivity index (χ1n) is 6.49. The van der Waals surface area contributed by atoms with Crippen LogP contribution in [-0.4, -0.2) is 43.2 Å². The summed E-state index contributed by atoms with van der Waals surface area (Å²) in [6.07, 6.45) is -2.47. The summed E-state index contributed by atoms with van der Waals surface area (Å²) < 4.78 is 6.40. The molecule has 0 spiro atoms. The van der Waals surface area contributed by atoms with Crippen molar-refractivity contribution in [3.8, 4) is 0 Å². The molecule has 10 heteroatoms. The van der Waals surface area contributed by atoms with E-state index in [1.807, 2.05) is 4.98 Å². The second kappa shape index (κ2) is 6.52. The number of allylic oxidation sites excluding steroid dienone is 1. The van der Waals surface area contributed by atoms with Crippen molar-refractivity contribution in [2.24, 2.45) is 0 Å². The third-order valence-electron chi connectivity index (χ3n) is 3.35. The van der Waals surface area contributed by atoms with E-state index < -0.39 is 35.8 Å². The molecule has 1 aromatic rings. The van der Waals surface area contributed by atoms with Gasteiger partial charge < -0.3 is 20.1 Å². The highest BCUT2D eigenvalue weighted by molar-refractivity contribution is 4.98. The zero-order valence-corrected chi connectivity index (χ0v) is 11.4. The number of nitrogens with one attached hydrogen (secondary N) is 1. The second-order valence-corrected chi connectivity index (χ2v) is 4.84. The Morgan fingerprint density at radius 3 is 2.82 bits per heavy atom. The first kappa shape index (κ1) is 15.9. The summed E-state index contributed by atoms with van der Waals surface area (Å²) in [6, 6.07) is 1.09. The average Bonchev–Trinajstić information content (AvgIpc) is 2.74. The number of hydrogen-bond donors (Lipinski definition) is 4. The Balaban J connectivity index is 2.13. The Kier molecular flexibility index (Phi) is 4.71. The highest BCUT2D eigenvalue weighted by atomic mass is 16.6. The van der Waals surface area contributed by atoms with E-state index in [0.29, 0.717) is 0 Å². The van der Waals surface area contributed by atoms with Crippen LogP contribution in [0.15, 0.2) is 33.8 Å². The molecule has 0 aromatic carbocycles. The highest BCUT2D eigenvalue weighted by Crippen LogP contribution is 2.31. The van der Waals surface area contributed by atoms with E-state index in [-0.39, 0.29) is 18.6 Å². The summed E-state index contributed by atoms with van der Waals surface area (Å²) in [5.74, 6) is -0.225. The van der Waals surface area contributed by atoms with Crippen molar-refractivity contribution in [1.29, 1.82) is 5.39 Å². The number of aliphatic hydroxyl groups is 3. The molecule has 1 aromatic heterocycles. The summed E-state index contributed by atoms with van der Waals surface area (Å²) in [6.45, 7) is 0. The molecule has 10 nitrogen and oxygen atoms in total. The topological polar surface area (TPSA) is 153 Å². The van der Waals surface area contributed by atoms with Crippen molar-refractivity contribution in [3.63, 3.8) is 0 Å². The van der Waals surface area contributed by atoms with Gasteiger partial charge >= 0.3 is 11.9 Å². The monoisotopic (exact) mass is 311 g/mol. The van der Waals surface area contributed by atoms with Crippen LogP contribution in [0.5, 0.6) is 0 Å². The molecule has 1 aliphatic rings. The number of aromatic amines is 1. The molecule has 0 amide bonds. The fourth-order valence-corrected chi connectivity index (χ4v) is 2.25. The van der Waals surface area contributed by atoms with Gasteiger partial charge in [0, 0.05) is 18.7 Å². The van der Waals surface area contributed by atoms with E-state index in [4.69, 9.17) is 10.1 Å². The minimum Gasteiger partial charge on any atom is -0.505 e. The van der Waals surface area contributed by atoms with Crippen LogP contribution in [0.3, 0.4) is 0 Å². The van der Waals surface area contributed by atoms with Crippen LogP contribution in [0.25, 0.3) is 4.98 Å². The molecule has 1 fully saturated rings. The number of nitrogens with zero attached hydrogens (tertiary/aromatic N) is 3. The van der Waals surface area contributed by atoms with Crippen LogP contribution < -0.4 is 11.2 Å². The third-order valence-corrected chi connectivity index (χ3v) is 3.35. The lowest BCUT2D eigenvalue weighted by molar-refractivity contribution is -0.0421. The molecule has 1 aliphatic heterocycles. The first-order valence-corrected chi connectivity index (χ1v) is 6.49. The molecule has 0 aliphatic carbocycles. The Morgan fingerprint density at radius 2 is 2.18 bits per heavy atom. The predicted molar refractivity (Wildman–Crippen MR) is 72.3 cm³/mol. The maximum absolute atomic E-state index is 11.7. The van der Waals surface area contributed by atoms with E-state index in [1.54, 1.807) is 0 Å². The van der Waals surface area contributed by atoms with E-state index in [0.717, 1.165) is 23.0 Å². The molecule has 118 valence electrons. The van der Waals surface area contributed by atoms with Gasteiger partial charge in [0.25, 0.3) is 5.56 Å². The molecule has 4 unspecified atom stereocenters. The van der Waals surface area contributed by atoms with Crippen LogP contribution in [0.4, 0.5) is 0 Å². The number of H-pyrrole nitrogens is 1. The zero-order chi connectivity index (χ0) is 16.3. The summed E-state index contributed by atoms with van der Waals surface area (Å²) in [5.41, 5.74) is -1.36. The Labute approximate surface area is 123 Å². The standard InChI is InChI=1S/C12H14N4O6/c13-14-5-6(17)1-2-7-9(19)10(20)11(22-7)16-4-3-8(18)15-12(16)21/h3-5,7,9-11,19-20H,1-2H2,(H-,15,17,18,21)/p+1. The van der Waals surface area contributed by atoms with E-state index >= 15 is 0 Å². The smallest absolute Gasteiger partial charge is 0.387 e. The normalized spacial score (nSPS) is 28.5. The first-order chi connectivity index (χ1) is 10.4. The molecule has 0 saturated carbocycles. The molecule has 1 saturated heterocycles. The second-order valence-electron chi connectivity index (χ2n) is 4.84. The van der Waals surface area contributed by atoms with Crippen LogP contribution in [0, 0.1) is 5.39 Å². The van der Waals surface area contributed by atoms with Crippen LogP contribution in [0.1, 0.15) is 19.1 Å². The van der Waals surface area contributed by atoms with Gasteiger partial charge in [-0.25, -0.2) is 4.79 Å². The van der Waals surface area contributed by atoms with E-state index in [9.17, 15) is 24.9 Å². The molecule has 0 radical (unpaired) electrons. The molecule has 4 atom stereocenters. The fourth-order valence-electron chi connectivity index (χ4n) is 2.25. The maximum Gasteiger partial charge on any atom is 0.387 e. The van der Waals surface area contributed by atoms with Gasteiger partial charge in [0.2, 0.25) is 5.39 Å². The number of diazo groups is 1. The van der Waals surface area contributed by atoms with Crippen LogP contribution in [-0.2, 0) is 4.74 Å². The summed E-state index contributed by atoms with van der Waals surface area (Å²) in [5, 5.41) is 37.5. The van der Waals surface area contributed by atoms with Gasteiger partial charge in [0.1, 0.15) is 12.2 Å². The van der Waals surface area contributed by atoms with Crippen molar-refractivity contribution in [2.75, 3.05) is 0 Å². The van der Waals surface area contributed by atoms with Crippen molar-refractivity contribution < 1.29 is 20.1 Å². The lowest BCUT2D eigenvalue weighted by Gasteiger charge is -2.16. The fraction of sp³-hybridized carbons (Fsp3) is 0.500. The molecule has 2 rings (SSSR count). The summed E-state index contributed by atoms with van der Waals surface area (Å²) in [4.78, 5) is 27.4. The highest BCUT2D eigenvalue weighted by Gasteiger charge is 2.43. The van der Waals surface area contributed by atoms with Gasteiger partial charge in [-0.15, -0.1) is 0 Å². The Hall–Kier alpha value is -2.48. The molecule has 4 N–H and O–H groups in total. The predicted octanol–water partition coefficient (Wildman–Crippen LogP) is -0.812. The van der Waals surface area contributed by atoms with Crippen molar-refractivity contribution >= 4 is 0 Å². The van der Waals surface area contributed by atoms with E-state index in [2.05, 4.69) is 4.98 Å². The minimum atomic E-state index is -1.37. The lowest BCUT2D eigenvalue weighted by Crippen LogP contribution is -2.37.